The molecule has 2 N–H and O–H groups in total. The zero-order valence-electron chi connectivity index (χ0n) is 10.3. The van der Waals surface area contributed by atoms with Crippen molar-refractivity contribution in [3.63, 3.8) is 0 Å². The van der Waals surface area contributed by atoms with Crippen LogP contribution in [0.2, 0.25) is 5.02 Å². The molecule has 2 rings (SSSR count). The first kappa shape index (κ1) is 12.7. The number of hydrogen-bond acceptors (Lipinski definition) is 3. The maximum Gasteiger partial charge on any atom is 0.0455 e. The van der Waals surface area contributed by atoms with E-state index in [4.69, 9.17) is 11.6 Å². The summed E-state index contributed by atoms with van der Waals surface area (Å²) >= 11 is 6.08. The summed E-state index contributed by atoms with van der Waals surface area (Å²) in [6.45, 7) is 8.60. The van der Waals surface area contributed by atoms with Crippen LogP contribution in [0.25, 0.3) is 0 Å². The molecule has 0 aliphatic carbocycles. The van der Waals surface area contributed by atoms with Crippen LogP contribution < -0.4 is 10.6 Å². The van der Waals surface area contributed by atoms with Gasteiger partial charge in [-0.05, 0) is 24.6 Å². The number of rotatable bonds is 4. The summed E-state index contributed by atoms with van der Waals surface area (Å²) in [6.07, 6.45) is 0. The van der Waals surface area contributed by atoms with Crippen molar-refractivity contribution in [2.24, 2.45) is 0 Å². The zero-order valence-corrected chi connectivity index (χ0v) is 11.1. The van der Waals surface area contributed by atoms with Gasteiger partial charge in [0.2, 0.25) is 0 Å². The summed E-state index contributed by atoms with van der Waals surface area (Å²) < 4.78 is 0. The van der Waals surface area contributed by atoms with Gasteiger partial charge in [-0.25, -0.2) is 0 Å². The predicted octanol–water partition coefficient (Wildman–Crippen LogP) is 1.97. The highest BCUT2D eigenvalue weighted by Crippen LogP contribution is 2.19. The average Bonchev–Trinajstić information content (AvgIpc) is 2.35. The van der Waals surface area contributed by atoms with Gasteiger partial charge in [-0.2, -0.15) is 0 Å². The third kappa shape index (κ3) is 3.87. The van der Waals surface area contributed by atoms with Crippen molar-refractivity contribution in [3.8, 4) is 0 Å². The number of halogens is 1. The molecule has 0 saturated carbocycles. The fourth-order valence-corrected chi connectivity index (χ4v) is 2.18. The zero-order chi connectivity index (χ0) is 12.1. The lowest BCUT2D eigenvalue weighted by molar-refractivity contribution is 0.249. The predicted molar refractivity (Wildman–Crippen MR) is 74.0 cm³/mol. The fourth-order valence-electron chi connectivity index (χ4n) is 2.00. The molecule has 1 aromatic carbocycles. The van der Waals surface area contributed by atoms with Crippen LogP contribution in [0.15, 0.2) is 18.2 Å². The van der Waals surface area contributed by atoms with Crippen molar-refractivity contribution < 1.29 is 0 Å². The Labute approximate surface area is 108 Å². The molecule has 0 spiro atoms. The van der Waals surface area contributed by atoms with E-state index in [1.165, 1.54) is 0 Å². The van der Waals surface area contributed by atoms with E-state index in [1.54, 1.807) is 0 Å². The summed E-state index contributed by atoms with van der Waals surface area (Å²) in [6, 6.07) is 6.13. The molecule has 0 aromatic heterocycles. The monoisotopic (exact) mass is 253 g/mol. The highest BCUT2D eigenvalue weighted by Gasteiger charge is 2.08. The largest absolute Gasteiger partial charge is 0.384 e. The highest BCUT2D eigenvalue weighted by molar-refractivity contribution is 6.31. The molecule has 1 aliphatic heterocycles. The standard InChI is InChI=1S/C13H20ClN3/c1-11-2-3-12(10-13(11)14)16-6-9-17-7-4-15-5-8-17/h2-3,10,15-16H,4-9H2,1H3. The van der Waals surface area contributed by atoms with Crippen molar-refractivity contribution in [2.75, 3.05) is 44.6 Å². The summed E-state index contributed by atoms with van der Waals surface area (Å²) in [7, 11) is 0. The van der Waals surface area contributed by atoms with Crippen LogP contribution in [-0.4, -0.2) is 44.2 Å². The number of piperazine rings is 1. The maximum absolute atomic E-state index is 6.08. The molecule has 0 atom stereocenters. The van der Waals surface area contributed by atoms with Gasteiger partial charge in [0.05, 0.1) is 0 Å². The Bertz CT molecular complexity index is 362. The van der Waals surface area contributed by atoms with Crippen LogP contribution >= 0.6 is 11.6 Å². The molecule has 1 aliphatic rings. The van der Waals surface area contributed by atoms with Crippen LogP contribution in [0, 0.1) is 6.92 Å². The average molecular weight is 254 g/mol. The Morgan fingerprint density at radius 3 is 2.82 bits per heavy atom. The van der Waals surface area contributed by atoms with Gasteiger partial charge in [-0.15, -0.1) is 0 Å². The Hall–Kier alpha value is -0.770. The van der Waals surface area contributed by atoms with Gasteiger partial charge in [-0.1, -0.05) is 17.7 Å². The third-order valence-corrected chi connectivity index (χ3v) is 3.55. The van der Waals surface area contributed by atoms with Crippen LogP contribution in [0.3, 0.4) is 0 Å². The van der Waals surface area contributed by atoms with E-state index in [9.17, 15) is 0 Å². The lowest BCUT2D eigenvalue weighted by Gasteiger charge is -2.27. The first-order chi connectivity index (χ1) is 8.25. The number of benzene rings is 1. The number of nitrogens with one attached hydrogen (secondary N) is 2. The summed E-state index contributed by atoms with van der Waals surface area (Å²) in [5.74, 6) is 0. The number of hydrogen-bond donors (Lipinski definition) is 2. The van der Waals surface area contributed by atoms with Crippen LogP contribution in [0.1, 0.15) is 5.56 Å². The molecule has 0 unspecified atom stereocenters. The molecule has 3 nitrogen and oxygen atoms in total. The summed E-state index contributed by atoms with van der Waals surface area (Å²) in [4.78, 5) is 2.47. The van der Waals surface area contributed by atoms with E-state index >= 15 is 0 Å². The Balaban J connectivity index is 1.75. The van der Waals surface area contributed by atoms with Crippen molar-refractivity contribution >= 4 is 17.3 Å². The second kappa shape index (κ2) is 6.24. The quantitative estimate of drug-likeness (QED) is 0.859. The summed E-state index contributed by atoms with van der Waals surface area (Å²) in [5.41, 5.74) is 2.23. The molecule has 1 aromatic rings. The molecule has 94 valence electrons. The van der Waals surface area contributed by atoms with Gasteiger partial charge < -0.3 is 10.6 Å². The van der Waals surface area contributed by atoms with E-state index in [2.05, 4.69) is 27.7 Å². The van der Waals surface area contributed by atoms with Crippen molar-refractivity contribution in [1.29, 1.82) is 0 Å². The van der Waals surface area contributed by atoms with Crippen LogP contribution in [0.4, 0.5) is 5.69 Å². The number of nitrogens with zero attached hydrogens (tertiary/aromatic N) is 1. The lowest BCUT2D eigenvalue weighted by Crippen LogP contribution is -2.45. The first-order valence-electron chi connectivity index (χ1n) is 6.19. The van der Waals surface area contributed by atoms with E-state index in [1.807, 2.05) is 13.0 Å². The molecule has 1 heterocycles. The minimum absolute atomic E-state index is 0.831. The van der Waals surface area contributed by atoms with E-state index in [-0.39, 0.29) is 0 Å². The van der Waals surface area contributed by atoms with Crippen LogP contribution in [0.5, 0.6) is 0 Å². The third-order valence-electron chi connectivity index (χ3n) is 3.14. The maximum atomic E-state index is 6.08. The second-order valence-corrected chi connectivity index (χ2v) is 4.89. The number of aryl methyl sites for hydroxylation is 1. The highest BCUT2D eigenvalue weighted by atomic mass is 35.5. The van der Waals surface area contributed by atoms with E-state index in [0.717, 1.165) is 55.5 Å². The van der Waals surface area contributed by atoms with Gasteiger partial charge in [0.15, 0.2) is 0 Å². The van der Waals surface area contributed by atoms with E-state index < -0.39 is 0 Å². The molecule has 0 amide bonds. The molecule has 0 bridgehead atoms. The lowest BCUT2D eigenvalue weighted by atomic mass is 10.2. The molecule has 17 heavy (non-hydrogen) atoms. The fraction of sp³-hybridized carbons (Fsp3) is 0.538. The molecule has 1 saturated heterocycles. The van der Waals surface area contributed by atoms with Gasteiger partial charge in [0.25, 0.3) is 0 Å². The molecular weight excluding hydrogens is 234 g/mol. The SMILES string of the molecule is Cc1ccc(NCCN2CCNCC2)cc1Cl. The first-order valence-corrected chi connectivity index (χ1v) is 6.56. The Morgan fingerprint density at radius 1 is 1.35 bits per heavy atom. The van der Waals surface area contributed by atoms with Crippen molar-refractivity contribution in [2.45, 2.75) is 6.92 Å². The van der Waals surface area contributed by atoms with Crippen LogP contribution in [-0.2, 0) is 0 Å². The normalized spacial score (nSPS) is 17.1. The van der Waals surface area contributed by atoms with Gasteiger partial charge in [0.1, 0.15) is 0 Å². The minimum Gasteiger partial charge on any atom is -0.384 e. The second-order valence-electron chi connectivity index (χ2n) is 4.48. The number of anilines is 1. The van der Waals surface area contributed by atoms with E-state index in [0.29, 0.717) is 0 Å². The van der Waals surface area contributed by atoms with Gasteiger partial charge in [-0.3, -0.25) is 4.90 Å². The Kier molecular flexibility index (Phi) is 4.66. The Morgan fingerprint density at radius 2 is 2.12 bits per heavy atom. The topological polar surface area (TPSA) is 27.3 Å². The molecule has 0 radical (unpaired) electrons. The molecular formula is C13H20ClN3. The minimum atomic E-state index is 0.831. The smallest absolute Gasteiger partial charge is 0.0455 e. The molecule has 1 fully saturated rings. The van der Waals surface area contributed by atoms with Gasteiger partial charge in [0, 0.05) is 50.0 Å². The molecule has 4 heteroatoms. The van der Waals surface area contributed by atoms with Crippen molar-refractivity contribution in [1.82, 2.24) is 10.2 Å². The van der Waals surface area contributed by atoms with Crippen molar-refractivity contribution in [3.05, 3.63) is 28.8 Å². The summed E-state index contributed by atoms with van der Waals surface area (Å²) in [5, 5.41) is 7.60. The van der Waals surface area contributed by atoms with Gasteiger partial charge >= 0.3 is 0 Å².